The van der Waals surface area contributed by atoms with Crippen molar-refractivity contribution >= 4 is 27.6 Å². The van der Waals surface area contributed by atoms with Gasteiger partial charge in [0.25, 0.3) is 0 Å². The Kier molecular flexibility index (Phi) is 6.18. The molecule has 1 unspecified atom stereocenters. The summed E-state index contributed by atoms with van der Waals surface area (Å²) >= 11 is 0. The van der Waals surface area contributed by atoms with Crippen molar-refractivity contribution in [1.29, 1.82) is 0 Å². The Bertz CT molecular complexity index is 728. The zero-order chi connectivity index (χ0) is 18.6. The summed E-state index contributed by atoms with van der Waals surface area (Å²) in [4.78, 5) is 25.3. The number of hydrogen-bond donors (Lipinski definition) is 1. The van der Waals surface area contributed by atoms with Gasteiger partial charge in [-0.25, -0.2) is 8.42 Å². The molecule has 1 aromatic carbocycles. The maximum atomic E-state index is 12.5. The van der Waals surface area contributed by atoms with Crippen molar-refractivity contribution in [3.8, 4) is 0 Å². The van der Waals surface area contributed by atoms with Crippen LogP contribution in [0.5, 0.6) is 0 Å². The fourth-order valence-electron chi connectivity index (χ4n) is 2.79. The second-order valence-corrected chi connectivity index (χ2v) is 8.18. The second-order valence-electron chi connectivity index (χ2n) is 6.47. The van der Waals surface area contributed by atoms with Gasteiger partial charge in [-0.15, -0.1) is 0 Å². The van der Waals surface area contributed by atoms with Gasteiger partial charge in [0.1, 0.15) is 6.04 Å². The summed E-state index contributed by atoms with van der Waals surface area (Å²) in [7, 11) is -2.64. The normalized spacial score (nSPS) is 16.3. The van der Waals surface area contributed by atoms with Gasteiger partial charge in [0.15, 0.2) is 0 Å². The molecule has 138 valence electrons. The van der Waals surface area contributed by atoms with Gasteiger partial charge in [0.2, 0.25) is 15.9 Å². The molecule has 1 amide bonds. The Labute approximate surface area is 148 Å². The van der Waals surface area contributed by atoms with Gasteiger partial charge in [-0.3, -0.25) is 9.59 Å². The van der Waals surface area contributed by atoms with Gasteiger partial charge < -0.3 is 9.64 Å². The number of esters is 1. The molecule has 25 heavy (non-hydrogen) atoms. The summed E-state index contributed by atoms with van der Waals surface area (Å²) in [6, 6.07) is 5.15. The molecule has 0 bridgehead atoms. The molecule has 0 aliphatic carbocycles. The number of amides is 1. The smallest absolute Gasteiger partial charge is 0.323 e. The number of anilines is 1. The Morgan fingerprint density at radius 2 is 1.92 bits per heavy atom. The predicted octanol–water partition coefficient (Wildman–Crippen LogP) is 1.68. The number of nitrogens with zero attached hydrogens (tertiary/aromatic N) is 1. The number of benzene rings is 1. The standard InChI is InChI=1S/C17H24N2O5S/c1-12(2)11-15(17(21)24-3)18-25(22,23)14-8-6-13(7-9-14)19-10-4-5-16(19)20/h6-9,12,15,18H,4-5,10-11H2,1-3H3. The molecule has 0 spiro atoms. The quantitative estimate of drug-likeness (QED) is 0.739. The number of ether oxygens (including phenoxy) is 1. The van der Waals surface area contributed by atoms with Crippen molar-refractivity contribution in [1.82, 2.24) is 4.72 Å². The first kappa shape index (κ1) is 19.4. The molecular formula is C17H24N2O5S. The highest BCUT2D eigenvalue weighted by Crippen LogP contribution is 2.23. The fourth-order valence-corrected chi connectivity index (χ4v) is 3.99. The molecule has 0 saturated carbocycles. The number of hydrogen-bond acceptors (Lipinski definition) is 5. The molecule has 1 N–H and O–H groups in total. The van der Waals surface area contributed by atoms with E-state index in [4.69, 9.17) is 0 Å². The average Bonchev–Trinajstić information content (AvgIpc) is 2.99. The minimum absolute atomic E-state index is 0.0384. The molecule has 8 heteroatoms. The van der Waals surface area contributed by atoms with Crippen LogP contribution in [0.4, 0.5) is 5.69 Å². The highest BCUT2D eigenvalue weighted by atomic mass is 32.2. The number of rotatable bonds is 7. The van der Waals surface area contributed by atoms with Crippen LogP contribution in [0.25, 0.3) is 0 Å². The second kappa shape index (κ2) is 7.97. The van der Waals surface area contributed by atoms with Crippen LogP contribution in [-0.2, 0) is 24.3 Å². The number of carbonyl (C=O) groups excluding carboxylic acids is 2. The van der Waals surface area contributed by atoms with Crippen LogP contribution in [0.1, 0.15) is 33.1 Å². The zero-order valence-corrected chi connectivity index (χ0v) is 15.5. The topological polar surface area (TPSA) is 92.8 Å². The van der Waals surface area contributed by atoms with E-state index in [1.54, 1.807) is 17.0 Å². The molecule has 1 atom stereocenters. The monoisotopic (exact) mass is 368 g/mol. The lowest BCUT2D eigenvalue weighted by molar-refractivity contribution is -0.143. The van der Waals surface area contributed by atoms with E-state index in [0.29, 0.717) is 25.1 Å². The zero-order valence-electron chi connectivity index (χ0n) is 14.7. The molecule has 1 aliphatic heterocycles. The Balaban J connectivity index is 2.17. The summed E-state index contributed by atoms with van der Waals surface area (Å²) in [6.45, 7) is 4.43. The van der Waals surface area contributed by atoms with Crippen molar-refractivity contribution < 1.29 is 22.7 Å². The summed E-state index contributed by atoms with van der Waals surface area (Å²) in [5.74, 6) is -0.455. The van der Waals surface area contributed by atoms with Crippen LogP contribution in [0.3, 0.4) is 0 Å². The predicted molar refractivity (Wildman–Crippen MR) is 93.6 cm³/mol. The van der Waals surface area contributed by atoms with Crippen molar-refractivity contribution in [2.45, 2.75) is 44.0 Å². The fraction of sp³-hybridized carbons (Fsp3) is 0.529. The Morgan fingerprint density at radius 3 is 2.40 bits per heavy atom. The first-order chi connectivity index (χ1) is 11.7. The summed E-state index contributed by atoms with van der Waals surface area (Å²) in [6.07, 6.45) is 1.65. The van der Waals surface area contributed by atoms with Crippen LogP contribution in [0.15, 0.2) is 29.2 Å². The molecule has 1 heterocycles. The lowest BCUT2D eigenvalue weighted by atomic mass is 10.1. The number of carbonyl (C=O) groups is 2. The van der Waals surface area contributed by atoms with E-state index < -0.39 is 22.0 Å². The molecule has 0 aromatic heterocycles. The van der Waals surface area contributed by atoms with Gasteiger partial charge in [-0.2, -0.15) is 4.72 Å². The van der Waals surface area contributed by atoms with E-state index in [1.165, 1.54) is 19.2 Å². The molecule has 1 saturated heterocycles. The number of sulfonamides is 1. The molecule has 1 aliphatic rings. The summed E-state index contributed by atoms with van der Waals surface area (Å²) < 4.78 is 32.2. The highest BCUT2D eigenvalue weighted by molar-refractivity contribution is 7.89. The third kappa shape index (κ3) is 4.79. The van der Waals surface area contributed by atoms with Gasteiger partial charge in [0, 0.05) is 18.7 Å². The molecule has 2 rings (SSSR count). The van der Waals surface area contributed by atoms with Gasteiger partial charge in [-0.1, -0.05) is 13.8 Å². The maximum absolute atomic E-state index is 12.5. The lowest BCUT2D eigenvalue weighted by Gasteiger charge is -2.19. The largest absolute Gasteiger partial charge is 0.468 e. The first-order valence-corrected chi connectivity index (χ1v) is 9.73. The SMILES string of the molecule is COC(=O)C(CC(C)C)NS(=O)(=O)c1ccc(N2CCCC2=O)cc1. The molecular weight excluding hydrogens is 344 g/mol. The maximum Gasteiger partial charge on any atom is 0.323 e. The average molecular weight is 368 g/mol. The van der Waals surface area contributed by atoms with Gasteiger partial charge in [-0.05, 0) is 43.0 Å². The van der Waals surface area contributed by atoms with E-state index in [9.17, 15) is 18.0 Å². The van der Waals surface area contributed by atoms with Crippen LogP contribution >= 0.6 is 0 Å². The van der Waals surface area contributed by atoms with Gasteiger partial charge in [0.05, 0.1) is 12.0 Å². The van der Waals surface area contributed by atoms with Crippen molar-refractivity contribution in [2.24, 2.45) is 5.92 Å². The van der Waals surface area contributed by atoms with Crippen LogP contribution in [-0.4, -0.2) is 40.0 Å². The molecule has 0 radical (unpaired) electrons. The third-order valence-electron chi connectivity index (χ3n) is 4.02. The molecule has 1 fully saturated rings. The number of methoxy groups -OCH3 is 1. The first-order valence-electron chi connectivity index (χ1n) is 8.25. The summed E-state index contributed by atoms with van der Waals surface area (Å²) in [5, 5.41) is 0. The lowest BCUT2D eigenvalue weighted by Crippen LogP contribution is -2.42. The van der Waals surface area contributed by atoms with Crippen LogP contribution in [0.2, 0.25) is 0 Å². The number of nitrogens with one attached hydrogen (secondary N) is 1. The minimum atomic E-state index is -3.87. The summed E-state index contributed by atoms with van der Waals surface area (Å²) in [5.41, 5.74) is 0.674. The van der Waals surface area contributed by atoms with Crippen molar-refractivity contribution in [2.75, 3.05) is 18.6 Å². The van der Waals surface area contributed by atoms with E-state index in [1.807, 2.05) is 13.8 Å². The van der Waals surface area contributed by atoms with E-state index in [2.05, 4.69) is 9.46 Å². The van der Waals surface area contributed by atoms with Crippen molar-refractivity contribution in [3.05, 3.63) is 24.3 Å². The molecule has 7 nitrogen and oxygen atoms in total. The molecule has 1 aromatic rings. The third-order valence-corrected chi connectivity index (χ3v) is 5.51. The van der Waals surface area contributed by atoms with Crippen molar-refractivity contribution in [3.63, 3.8) is 0 Å². The Morgan fingerprint density at radius 1 is 1.28 bits per heavy atom. The Hall–Kier alpha value is -1.93. The van der Waals surface area contributed by atoms with Gasteiger partial charge >= 0.3 is 5.97 Å². The van der Waals surface area contributed by atoms with Crippen LogP contribution < -0.4 is 9.62 Å². The highest BCUT2D eigenvalue weighted by Gasteiger charge is 2.28. The van der Waals surface area contributed by atoms with E-state index in [-0.39, 0.29) is 16.7 Å². The van der Waals surface area contributed by atoms with E-state index >= 15 is 0 Å². The van der Waals surface area contributed by atoms with Crippen LogP contribution in [0, 0.1) is 5.92 Å². The van der Waals surface area contributed by atoms with E-state index in [0.717, 1.165) is 6.42 Å². The minimum Gasteiger partial charge on any atom is -0.468 e.